The van der Waals surface area contributed by atoms with Crippen LogP contribution in [0.1, 0.15) is 28.8 Å². The van der Waals surface area contributed by atoms with Crippen molar-refractivity contribution < 1.29 is 18.0 Å². The van der Waals surface area contributed by atoms with Gasteiger partial charge in [0.1, 0.15) is 0 Å². The van der Waals surface area contributed by atoms with Crippen LogP contribution < -0.4 is 5.32 Å². The van der Waals surface area contributed by atoms with Crippen molar-refractivity contribution in [1.29, 1.82) is 0 Å². The molecule has 1 heterocycles. The number of hydrogen-bond donors (Lipinski definition) is 1. The van der Waals surface area contributed by atoms with E-state index in [-0.39, 0.29) is 11.3 Å². The molecule has 0 radical (unpaired) electrons. The largest absolute Gasteiger partial charge is 0.317 e. The molecule has 1 fully saturated rings. The Morgan fingerprint density at radius 1 is 1.11 bits per heavy atom. The van der Waals surface area contributed by atoms with Crippen molar-refractivity contribution in [2.24, 2.45) is 5.41 Å². The summed E-state index contributed by atoms with van der Waals surface area (Å²) in [6, 6.07) is 0.961. The van der Waals surface area contributed by atoms with E-state index in [9.17, 15) is 18.0 Å². The van der Waals surface area contributed by atoms with E-state index < -0.39 is 22.9 Å². The van der Waals surface area contributed by atoms with E-state index in [1.807, 2.05) is 0 Å². The summed E-state index contributed by atoms with van der Waals surface area (Å²) < 4.78 is 40.1. The molecule has 0 bridgehead atoms. The molecule has 0 atom stereocenters. The van der Waals surface area contributed by atoms with Crippen molar-refractivity contribution in [3.63, 3.8) is 0 Å². The van der Waals surface area contributed by atoms with Gasteiger partial charge in [0.25, 0.3) is 0 Å². The lowest BCUT2D eigenvalue weighted by Gasteiger charge is -2.31. The van der Waals surface area contributed by atoms with Crippen LogP contribution in [0.15, 0.2) is 6.07 Å². The molecule has 1 saturated heterocycles. The number of hydrogen-bond acceptors (Lipinski definition) is 2. The van der Waals surface area contributed by atoms with Gasteiger partial charge >= 0.3 is 0 Å². The van der Waals surface area contributed by atoms with Gasteiger partial charge in [0.05, 0.1) is 5.56 Å². The normalized spacial score (nSPS) is 21.4. The maximum absolute atomic E-state index is 13.7. The van der Waals surface area contributed by atoms with Gasteiger partial charge < -0.3 is 5.32 Å². The smallest absolute Gasteiger partial charge is 0.195 e. The van der Waals surface area contributed by atoms with E-state index in [1.165, 1.54) is 0 Å². The Morgan fingerprint density at radius 2 is 1.78 bits per heavy atom. The summed E-state index contributed by atoms with van der Waals surface area (Å²) >= 11 is 0. The zero-order valence-corrected chi connectivity index (χ0v) is 9.66. The van der Waals surface area contributed by atoms with Gasteiger partial charge in [-0.3, -0.25) is 4.79 Å². The third-order valence-corrected chi connectivity index (χ3v) is 4.04. The summed E-state index contributed by atoms with van der Waals surface area (Å²) in [5.74, 6) is -4.46. The van der Waals surface area contributed by atoms with Crippen LogP contribution in [0, 0.1) is 22.9 Å². The van der Waals surface area contributed by atoms with E-state index in [2.05, 4.69) is 5.32 Å². The second kappa shape index (κ2) is 3.82. The summed E-state index contributed by atoms with van der Waals surface area (Å²) in [5, 5.41) is 3.13. The fourth-order valence-corrected chi connectivity index (χ4v) is 3.05. The molecule has 3 rings (SSSR count). The van der Waals surface area contributed by atoms with Crippen molar-refractivity contribution in [1.82, 2.24) is 5.32 Å². The molecular weight excluding hydrogens is 243 g/mol. The molecule has 1 spiro atoms. The van der Waals surface area contributed by atoms with Gasteiger partial charge in [0, 0.05) is 5.41 Å². The average Bonchev–Trinajstić information content (AvgIpc) is 2.61. The maximum atomic E-state index is 13.7. The SMILES string of the molecule is O=C1c2c(cc(F)c(F)c2F)CC12CCNCC2. The minimum absolute atomic E-state index is 0.240. The van der Waals surface area contributed by atoms with Crippen LogP contribution in [0.4, 0.5) is 13.2 Å². The zero-order chi connectivity index (χ0) is 12.9. The topological polar surface area (TPSA) is 29.1 Å². The highest BCUT2D eigenvalue weighted by Crippen LogP contribution is 2.44. The van der Waals surface area contributed by atoms with Crippen molar-refractivity contribution in [2.45, 2.75) is 19.3 Å². The van der Waals surface area contributed by atoms with Gasteiger partial charge in [-0.1, -0.05) is 0 Å². The number of carbonyl (C=O) groups excluding carboxylic acids is 1. The Morgan fingerprint density at radius 3 is 2.44 bits per heavy atom. The molecule has 1 aromatic carbocycles. The molecule has 1 aromatic rings. The highest BCUT2D eigenvalue weighted by atomic mass is 19.2. The number of fused-ring (bicyclic) bond motifs is 1. The molecule has 1 aliphatic carbocycles. The minimum Gasteiger partial charge on any atom is -0.317 e. The average molecular weight is 255 g/mol. The van der Waals surface area contributed by atoms with E-state index in [4.69, 9.17) is 0 Å². The minimum atomic E-state index is -1.55. The second-order valence-electron chi connectivity index (χ2n) is 5.06. The highest BCUT2D eigenvalue weighted by Gasteiger charge is 2.48. The summed E-state index contributed by atoms with van der Waals surface area (Å²) in [4.78, 5) is 12.3. The van der Waals surface area contributed by atoms with E-state index in [0.29, 0.717) is 37.9 Å². The van der Waals surface area contributed by atoms with Crippen molar-refractivity contribution in [3.05, 3.63) is 34.6 Å². The maximum Gasteiger partial charge on any atom is 0.195 e. The van der Waals surface area contributed by atoms with E-state index in [0.717, 1.165) is 6.07 Å². The highest BCUT2D eigenvalue weighted by molar-refractivity contribution is 6.05. The Kier molecular flexibility index (Phi) is 2.48. The van der Waals surface area contributed by atoms with E-state index in [1.54, 1.807) is 0 Å². The first-order valence-corrected chi connectivity index (χ1v) is 5.97. The van der Waals surface area contributed by atoms with E-state index >= 15 is 0 Å². The predicted molar refractivity (Wildman–Crippen MR) is 58.9 cm³/mol. The molecular formula is C13H12F3NO. The molecule has 0 aromatic heterocycles. The standard InChI is InChI=1S/C13H12F3NO/c14-8-5-7-6-13(1-3-17-4-2-13)12(18)9(7)11(16)10(8)15/h5,17H,1-4,6H2. The first kappa shape index (κ1) is 11.7. The lowest BCUT2D eigenvalue weighted by molar-refractivity contribution is 0.0758. The Hall–Kier alpha value is -1.36. The summed E-state index contributed by atoms with van der Waals surface area (Å²) in [6.07, 6.45) is 1.49. The lowest BCUT2D eigenvalue weighted by Crippen LogP contribution is -2.40. The third kappa shape index (κ3) is 1.43. The number of carbonyl (C=O) groups is 1. The van der Waals surface area contributed by atoms with Crippen LogP contribution in [0.25, 0.3) is 0 Å². The number of ketones is 1. The number of nitrogens with one attached hydrogen (secondary N) is 1. The monoisotopic (exact) mass is 255 g/mol. The molecule has 0 unspecified atom stereocenters. The molecule has 18 heavy (non-hydrogen) atoms. The van der Waals surface area contributed by atoms with Crippen LogP contribution in [0.5, 0.6) is 0 Å². The summed E-state index contributed by atoms with van der Waals surface area (Å²) in [5.41, 5.74) is -0.594. The van der Waals surface area contributed by atoms with Gasteiger partial charge in [0.2, 0.25) is 0 Å². The van der Waals surface area contributed by atoms with Gasteiger partial charge in [-0.25, -0.2) is 13.2 Å². The molecule has 5 heteroatoms. The number of Topliss-reactive ketones (excluding diaryl/α,β-unsaturated/α-hetero) is 1. The quantitative estimate of drug-likeness (QED) is 0.720. The van der Waals surface area contributed by atoms with Crippen LogP contribution in [-0.4, -0.2) is 18.9 Å². The third-order valence-electron chi connectivity index (χ3n) is 4.04. The molecule has 1 N–H and O–H groups in total. The van der Waals surface area contributed by atoms with Gasteiger partial charge in [-0.2, -0.15) is 0 Å². The lowest BCUT2D eigenvalue weighted by atomic mass is 9.75. The van der Waals surface area contributed by atoms with Crippen LogP contribution in [0.2, 0.25) is 0 Å². The number of halogens is 3. The molecule has 2 nitrogen and oxygen atoms in total. The zero-order valence-electron chi connectivity index (χ0n) is 9.66. The van der Waals surface area contributed by atoms with Gasteiger partial charge in [-0.15, -0.1) is 0 Å². The van der Waals surface area contributed by atoms with Crippen LogP contribution in [0.3, 0.4) is 0 Å². The second-order valence-corrected chi connectivity index (χ2v) is 5.06. The first-order valence-electron chi connectivity index (χ1n) is 5.97. The van der Waals surface area contributed by atoms with Crippen molar-refractivity contribution >= 4 is 5.78 Å². The Balaban J connectivity index is 2.12. The molecule has 96 valence electrons. The molecule has 0 amide bonds. The van der Waals surface area contributed by atoms with Gasteiger partial charge in [-0.05, 0) is 44.0 Å². The predicted octanol–water partition coefficient (Wildman–Crippen LogP) is 2.21. The first-order chi connectivity index (χ1) is 8.55. The fourth-order valence-electron chi connectivity index (χ4n) is 3.05. The summed E-state index contributed by atoms with van der Waals surface area (Å²) in [7, 11) is 0. The van der Waals surface area contributed by atoms with Crippen molar-refractivity contribution in [2.75, 3.05) is 13.1 Å². The number of piperidine rings is 1. The molecule has 1 aliphatic heterocycles. The number of rotatable bonds is 0. The summed E-state index contributed by atoms with van der Waals surface area (Å²) in [6.45, 7) is 1.35. The van der Waals surface area contributed by atoms with Crippen LogP contribution in [-0.2, 0) is 6.42 Å². The fraction of sp³-hybridized carbons (Fsp3) is 0.462. The van der Waals surface area contributed by atoms with Crippen LogP contribution >= 0.6 is 0 Å². The Bertz CT molecular complexity index is 536. The van der Waals surface area contributed by atoms with Gasteiger partial charge in [0.15, 0.2) is 23.2 Å². The molecule has 0 saturated carbocycles. The molecule has 2 aliphatic rings. The Labute approximate surface area is 102 Å². The number of benzene rings is 1. The van der Waals surface area contributed by atoms with Crippen molar-refractivity contribution in [3.8, 4) is 0 Å².